The summed E-state index contributed by atoms with van der Waals surface area (Å²) < 4.78 is 0. The standard InChI is InChI=1S/C9H19Cl/c1-4-5-6-9(7-10)8(2)3/h8-9H,4-7H2,1-3H3. The van der Waals surface area contributed by atoms with Gasteiger partial charge in [0.25, 0.3) is 0 Å². The minimum absolute atomic E-state index is 0.738. The summed E-state index contributed by atoms with van der Waals surface area (Å²) in [7, 11) is 0. The van der Waals surface area contributed by atoms with Gasteiger partial charge in [-0.05, 0) is 18.3 Å². The number of halogens is 1. The first-order chi connectivity index (χ1) is 4.72. The summed E-state index contributed by atoms with van der Waals surface area (Å²) in [6.45, 7) is 6.73. The zero-order valence-electron chi connectivity index (χ0n) is 7.36. The third-order valence-corrected chi connectivity index (χ3v) is 2.47. The molecular formula is C9H19Cl. The van der Waals surface area contributed by atoms with Gasteiger partial charge in [-0.25, -0.2) is 0 Å². The minimum Gasteiger partial charge on any atom is -0.126 e. The highest BCUT2D eigenvalue weighted by molar-refractivity contribution is 6.18. The molecule has 0 aromatic carbocycles. The summed E-state index contributed by atoms with van der Waals surface area (Å²) in [5.74, 6) is 2.32. The van der Waals surface area contributed by atoms with Crippen LogP contribution in [0.5, 0.6) is 0 Å². The van der Waals surface area contributed by atoms with Gasteiger partial charge in [0.1, 0.15) is 0 Å². The largest absolute Gasteiger partial charge is 0.126 e. The Labute approximate surface area is 70.0 Å². The smallest absolute Gasteiger partial charge is 0.0254 e. The molecule has 10 heavy (non-hydrogen) atoms. The van der Waals surface area contributed by atoms with Crippen LogP contribution in [0, 0.1) is 11.8 Å². The summed E-state index contributed by atoms with van der Waals surface area (Å²) in [6.07, 6.45) is 3.92. The molecule has 0 saturated carbocycles. The number of alkyl halides is 1. The van der Waals surface area contributed by atoms with E-state index in [4.69, 9.17) is 11.6 Å². The lowest BCUT2D eigenvalue weighted by atomic mass is 9.93. The second kappa shape index (κ2) is 6.03. The van der Waals surface area contributed by atoms with Crippen molar-refractivity contribution >= 4 is 11.6 Å². The topological polar surface area (TPSA) is 0 Å². The van der Waals surface area contributed by atoms with E-state index >= 15 is 0 Å². The Hall–Kier alpha value is 0.290. The van der Waals surface area contributed by atoms with Gasteiger partial charge >= 0.3 is 0 Å². The van der Waals surface area contributed by atoms with Crippen LogP contribution >= 0.6 is 11.6 Å². The number of rotatable bonds is 5. The lowest BCUT2D eigenvalue weighted by molar-refractivity contribution is 0.385. The Morgan fingerprint density at radius 3 is 2.20 bits per heavy atom. The summed E-state index contributed by atoms with van der Waals surface area (Å²) >= 11 is 5.80. The maximum Gasteiger partial charge on any atom is 0.0254 e. The van der Waals surface area contributed by atoms with E-state index in [9.17, 15) is 0 Å². The van der Waals surface area contributed by atoms with Gasteiger partial charge in [-0.1, -0.05) is 33.6 Å². The molecule has 0 aromatic rings. The lowest BCUT2D eigenvalue weighted by Crippen LogP contribution is -2.09. The number of hydrogen-bond donors (Lipinski definition) is 0. The normalized spacial score (nSPS) is 14.1. The molecule has 0 aliphatic carbocycles. The van der Waals surface area contributed by atoms with Gasteiger partial charge in [0.05, 0.1) is 0 Å². The van der Waals surface area contributed by atoms with Crippen LogP contribution < -0.4 is 0 Å². The highest BCUT2D eigenvalue weighted by atomic mass is 35.5. The van der Waals surface area contributed by atoms with Crippen molar-refractivity contribution in [3.05, 3.63) is 0 Å². The average Bonchev–Trinajstić information content (AvgIpc) is 1.89. The fourth-order valence-corrected chi connectivity index (χ4v) is 1.57. The molecule has 0 fully saturated rings. The van der Waals surface area contributed by atoms with Gasteiger partial charge in [-0.2, -0.15) is 0 Å². The van der Waals surface area contributed by atoms with E-state index in [1.54, 1.807) is 0 Å². The molecular weight excluding hydrogens is 144 g/mol. The maximum atomic E-state index is 5.80. The average molecular weight is 163 g/mol. The molecule has 0 spiro atoms. The molecule has 0 bridgehead atoms. The predicted octanol–water partition coefficient (Wildman–Crippen LogP) is 3.69. The monoisotopic (exact) mass is 162 g/mol. The van der Waals surface area contributed by atoms with Crippen molar-refractivity contribution in [1.29, 1.82) is 0 Å². The van der Waals surface area contributed by atoms with E-state index in [-0.39, 0.29) is 0 Å². The highest BCUT2D eigenvalue weighted by Gasteiger charge is 2.10. The summed E-state index contributed by atoms with van der Waals surface area (Å²) in [5.41, 5.74) is 0. The van der Waals surface area contributed by atoms with Crippen LogP contribution in [0.1, 0.15) is 40.0 Å². The molecule has 1 atom stereocenters. The Balaban J connectivity index is 3.40. The van der Waals surface area contributed by atoms with Gasteiger partial charge < -0.3 is 0 Å². The highest BCUT2D eigenvalue weighted by Crippen LogP contribution is 2.18. The maximum absolute atomic E-state index is 5.80. The third kappa shape index (κ3) is 4.16. The van der Waals surface area contributed by atoms with Crippen LogP contribution in [-0.4, -0.2) is 5.88 Å². The van der Waals surface area contributed by atoms with E-state index in [0.717, 1.165) is 17.7 Å². The van der Waals surface area contributed by atoms with Gasteiger partial charge in [0.15, 0.2) is 0 Å². The Morgan fingerprint density at radius 2 is 1.90 bits per heavy atom. The van der Waals surface area contributed by atoms with Crippen LogP contribution in [0.15, 0.2) is 0 Å². The second-order valence-electron chi connectivity index (χ2n) is 3.30. The molecule has 0 aromatic heterocycles. The molecule has 0 N–H and O–H groups in total. The number of hydrogen-bond acceptors (Lipinski definition) is 0. The Bertz CT molecular complexity index is 69.1. The minimum atomic E-state index is 0.738. The number of unbranched alkanes of at least 4 members (excludes halogenated alkanes) is 1. The molecule has 62 valence electrons. The molecule has 0 heterocycles. The van der Waals surface area contributed by atoms with Crippen molar-refractivity contribution < 1.29 is 0 Å². The Morgan fingerprint density at radius 1 is 1.30 bits per heavy atom. The van der Waals surface area contributed by atoms with E-state index in [1.807, 2.05) is 0 Å². The molecule has 0 aliphatic rings. The molecule has 0 saturated heterocycles. The predicted molar refractivity (Wildman–Crippen MR) is 48.6 cm³/mol. The van der Waals surface area contributed by atoms with Crippen molar-refractivity contribution in [1.82, 2.24) is 0 Å². The quantitative estimate of drug-likeness (QED) is 0.541. The van der Waals surface area contributed by atoms with Gasteiger partial charge in [-0.15, -0.1) is 11.6 Å². The van der Waals surface area contributed by atoms with Crippen molar-refractivity contribution in [3.63, 3.8) is 0 Å². The molecule has 0 amide bonds. The fourth-order valence-electron chi connectivity index (χ4n) is 1.05. The van der Waals surface area contributed by atoms with Gasteiger partial charge in [0, 0.05) is 5.88 Å². The molecule has 0 nitrogen and oxygen atoms in total. The zero-order chi connectivity index (χ0) is 7.98. The second-order valence-corrected chi connectivity index (χ2v) is 3.61. The molecule has 1 heteroatoms. The molecule has 0 radical (unpaired) electrons. The van der Waals surface area contributed by atoms with Gasteiger partial charge in [-0.3, -0.25) is 0 Å². The first-order valence-electron chi connectivity index (χ1n) is 4.28. The fraction of sp³-hybridized carbons (Fsp3) is 1.00. The molecule has 1 unspecified atom stereocenters. The molecule has 0 rings (SSSR count). The van der Waals surface area contributed by atoms with Crippen molar-refractivity contribution in [3.8, 4) is 0 Å². The first-order valence-corrected chi connectivity index (χ1v) is 4.81. The SMILES string of the molecule is CCCCC(CCl)C(C)C. The third-order valence-electron chi connectivity index (χ3n) is 2.07. The van der Waals surface area contributed by atoms with Crippen LogP contribution in [0.25, 0.3) is 0 Å². The van der Waals surface area contributed by atoms with Crippen LogP contribution in [0.4, 0.5) is 0 Å². The first kappa shape index (κ1) is 10.3. The van der Waals surface area contributed by atoms with E-state index in [2.05, 4.69) is 20.8 Å². The van der Waals surface area contributed by atoms with Crippen molar-refractivity contribution in [2.75, 3.05) is 5.88 Å². The van der Waals surface area contributed by atoms with Crippen LogP contribution in [0.3, 0.4) is 0 Å². The van der Waals surface area contributed by atoms with Crippen LogP contribution in [0.2, 0.25) is 0 Å². The van der Waals surface area contributed by atoms with Crippen molar-refractivity contribution in [2.45, 2.75) is 40.0 Å². The summed E-state index contributed by atoms with van der Waals surface area (Å²) in [5, 5.41) is 0. The Kier molecular flexibility index (Phi) is 6.20. The van der Waals surface area contributed by atoms with Gasteiger partial charge in [0.2, 0.25) is 0 Å². The van der Waals surface area contributed by atoms with E-state index in [0.29, 0.717) is 0 Å². The lowest BCUT2D eigenvalue weighted by Gasteiger charge is -2.16. The van der Waals surface area contributed by atoms with E-state index in [1.165, 1.54) is 19.3 Å². The molecule has 0 aliphatic heterocycles. The van der Waals surface area contributed by atoms with Crippen LogP contribution in [-0.2, 0) is 0 Å². The van der Waals surface area contributed by atoms with E-state index < -0.39 is 0 Å². The zero-order valence-corrected chi connectivity index (χ0v) is 8.12. The summed E-state index contributed by atoms with van der Waals surface area (Å²) in [4.78, 5) is 0. The van der Waals surface area contributed by atoms with Crippen molar-refractivity contribution in [2.24, 2.45) is 11.8 Å². The summed E-state index contributed by atoms with van der Waals surface area (Å²) in [6, 6.07) is 0.